The van der Waals surface area contributed by atoms with Crippen LogP contribution < -0.4 is 25.0 Å². The highest BCUT2D eigenvalue weighted by molar-refractivity contribution is 7.80. The first-order chi connectivity index (χ1) is 21.8. The topological polar surface area (TPSA) is 129 Å². The molecule has 234 valence electrons. The van der Waals surface area contributed by atoms with E-state index in [0.717, 1.165) is 37.1 Å². The number of hydrogen-bond acceptors (Lipinski definition) is 9. The molecule has 1 saturated heterocycles. The van der Waals surface area contributed by atoms with Gasteiger partial charge >= 0.3 is 0 Å². The lowest BCUT2D eigenvalue weighted by atomic mass is 10.1. The zero-order chi connectivity index (χ0) is 31.8. The van der Waals surface area contributed by atoms with E-state index in [1.54, 1.807) is 43.6 Å². The maximum Gasteiger partial charge on any atom is 0.278 e. The molecule has 4 aromatic rings. The second-order valence-corrected chi connectivity index (χ2v) is 10.8. The molecule has 2 N–H and O–H groups in total. The average molecular weight is 633 g/mol. The molecule has 45 heavy (non-hydrogen) atoms. The van der Waals surface area contributed by atoms with Gasteiger partial charge in [0.25, 0.3) is 5.69 Å². The van der Waals surface area contributed by atoms with E-state index in [0.29, 0.717) is 34.8 Å². The lowest BCUT2D eigenvalue weighted by Gasteiger charge is -2.26. The summed E-state index contributed by atoms with van der Waals surface area (Å²) in [6.07, 6.45) is 7.52. The van der Waals surface area contributed by atoms with E-state index in [1.807, 2.05) is 0 Å². The third-order valence-corrected chi connectivity index (χ3v) is 7.52. The number of hydrazone groups is 1. The van der Waals surface area contributed by atoms with Crippen molar-refractivity contribution in [1.29, 1.82) is 0 Å². The number of anilines is 1. The summed E-state index contributed by atoms with van der Waals surface area (Å²) in [5.74, 6) is 0.678. The molecule has 1 aliphatic rings. The summed E-state index contributed by atoms with van der Waals surface area (Å²) in [5, 5.41) is 17.0. The number of para-hydroxylation sites is 1. The number of hydrogen-bond donors (Lipinski definition) is 1. The summed E-state index contributed by atoms with van der Waals surface area (Å²) >= 11 is 5.10. The maximum atomic E-state index is 15.4. The third kappa shape index (κ3) is 7.80. The quantitative estimate of drug-likeness (QED) is 0.0614. The predicted molar refractivity (Wildman–Crippen MR) is 175 cm³/mol. The molecular weight excluding hydrogens is 599 g/mol. The number of rotatable bonds is 12. The van der Waals surface area contributed by atoms with Crippen molar-refractivity contribution < 1.29 is 23.5 Å². The lowest BCUT2D eigenvalue weighted by molar-refractivity contribution is -0.385. The van der Waals surface area contributed by atoms with E-state index >= 15 is 4.39 Å². The van der Waals surface area contributed by atoms with Crippen LogP contribution in [0.1, 0.15) is 31.2 Å². The second kappa shape index (κ2) is 14.7. The first-order valence-electron chi connectivity index (χ1n) is 14.5. The summed E-state index contributed by atoms with van der Waals surface area (Å²) in [7, 11) is 1.56. The van der Waals surface area contributed by atoms with E-state index in [2.05, 4.69) is 15.0 Å². The molecule has 0 saturated carbocycles. The van der Waals surface area contributed by atoms with Gasteiger partial charge in [-0.1, -0.05) is 18.6 Å². The van der Waals surface area contributed by atoms with Gasteiger partial charge in [0, 0.05) is 36.3 Å². The number of fused-ring (bicyclic) bond motifs is 1. The van der Waals surface area contributed by atoms with Gasteiger partial charge in [-0.2, -0.15) is 5.10 Å². The number of thiocarbonyl (C=S) groups is 1. The Hall–Kier alpha value is -4.88. The van der Waals surface area contributed by atoms with Gasteiger partial charge in [-0.05, 0) is 74.9 Å². The van der Waals surface area contributed by atoms with Crippen LogP contribution in [0.4, 0.5) is 15.8 Å². The molecule has 3 aromatic carbocycles. The van der Waals surface area contributed by atoms with Crippen LogP contribution in [0, 0.1) is 15.9 Å². The molecule has 0 radical (unpaired) electrons. The minimum absolute atomic E-state index is 0.0613. The highest BCUT2D eigenvalue weighted by Crippen LogP contribution is 2.38. The number of halogens is 1. The van der Waals surface area contributed by atoms with Crippen LogP contribution in [-0.4, -0.2) is 59.5 Å². The van der Waals surface area contributed by atoms with Crippen molar-refractivity contribution in [1.82, 2.24) is 9.88 Å². The maximum absolute atomic E-state index is 15.4. The Balaban J connectivity index is 1.32. The fraction of sp³-hybridized carbons (Fsp3) is 0.281. The van der Waals surface area contributed by atoms with E-state index in [9.17, 15) is 10.1 Å². The van der Waals surface area contributed by atoms with Gasteiger partial charge in [0.05, 0.1) is 41.6 Å². The first-order valence-corrected chi connectivity index (χ1v) is 14.9. The van der Waals surface area contributed by atoms with Crippen molar-refractivity contribution in [3.05, 3.63) is 88.4 Å². The molecule has 5 rings (SSSR count). The zero-order valence-electron chi connectivity index (χ0n) is 24.7. The lowest BCUT2D eigenvalue weighted by Crippen LogP contribution is -2.31. The Morgan fingerprint density at radius 3 is 2.64 bits per heavy atom. The highest BCUT2D eigenvalue weighted by atomic mass is 32.1. The number of nitro benzene ring substituents is 1. The molecule has 0 atom stereocenters. The van der Waals surface area contributed by atoms with E-state index < -0.39 is 10.7 Å². The zero-order valence-corrected chi connectivity index (χ0v) is 25.5. The summed E-state index contributed by atoms with van der Waals surface area (Å²) in [6.45, 7) is 3.82. The largest absolute Gasteiger partial charge is 0.493 e. The molecule has 2 heterocycles. The molecule has 0 unspecified atom stereocenters. The van der Waals surface area contributed by atoms with Crippen LogP contribution in [0.5, 0.6) is 23.0 Å². The van der Waals surface area contributed by atoms with Gasteiger partial charge in [-0.15, -0.1) is 0 Å². The summed E-state index contributed by atoms with van der Waals surface area (Å²) < 4.78 is 33.0. The highest BCUT2D eigenvalue weighted by Gasteiger charge is 2.17. The van der Waals surface area contributed by atoms with Crippen LogP contribution in [0.3, 0.4) is 0 Å². The van der Waals surface area contributed by atoms with Crippen LogP contribution in [0.15, 0.2) is 72.0 Å². The normalized spacial score (nSPS) is 13.6. The van der Waals surface area contributed by atoms with E-state index in [1.165, 1.54) is 49.7 Å². The molecule has 0 aliphatic carbocycles. The van der Waals surface area contributed by atoms with Crippen LogP contribution >= 0.6 is 12.2 Å². The summed E-state index contributed by atoms with van der Waals surface area (Å²) in [4.78, 5) is 17.7. The SMILES string of the molecule is COc1cc2c(Oc3ccc(N(N=Cc4ccccc4[N+](=O)[O-])C(N)=S)cc3F)ccnc2cc1OCCCN1CCCCC1. The predicted octanol–water partition coefficient (Wildman–Crippen LogP) is 6.42. The van der Waals surface area contributed by atoms with Gasteiger partial charge < -0.3 is 24.8 Å². The average Bonchev–Trinajstić information content (AvgIpc) is 3.04. The Kier molecular flexibility index (Phi) is 10.3. The van der Waals surface area contributed by atoms with Crippen molar-refractivity contribution in [2.24, 2.45) is 10.8 Å². The molecule has 0 bridgehead atoms. The number of nitrogens with two attached hydrogens (primary N) is 1. The molecule has 1 aromatic heterocycles. The molecule has 13 heteroatoms. The molecule has 0 spiro atoms. The van der Waals surface area contributed by atoms with Gasteiger partial charge in [-0.3, -0.25) is 15.1 Å². The number of piperidine rings is 1. The number of nitrogens with zero attached hydrogens (tertiary/aromatic N) is 5. The number of likely N-dealkylation sites (tertiary alicyclic amines) is 1. The van der Waals surface area contributed by atoms with Crippen molar-refractivity contribution in [2.75, 3.05) is 38.4 Å². The van der Waals surface area contributed by atoms with Crippen molar-refractivity contribution in [3.63, 3.8) is 0 Å². The summed E-state index contributed by atoms with van der Waals surface area (Å²) in [6, 6.07) is 15.3. The molecule has 1 aliphatic heterocycles. The second-order valence-electron chi connectivity index (χ2n) is 10.4. The van der Waals surface area contributed by atoms with Crippen molar-refractivity contribution in [2.45, 2.75) is 25.7 Å². The number of methoxy groups -OCH3 is 1. The number of benzene rings is 3. The molecule has 1 fully saturated rings. The number of nitro groups is 1. The van der Waals surface area contributed by atoms with Gasteiger partial charge in [0.2, 0.25) is 0 Å². The third-order valence-electron chi connectivity index (χ3n) is 7.35. The van der Waals surface area contributed by atoms with Crippen LogP contribution in [-0.2, 0) is 0 Å². The van der Waals surface area contributed by atoms with Crippen molar-refractivity contribution in [3.8, 4) is 23.0 Å². The van der Waals surface area contributed by atoms with Crippen LogP contribution in [0.2, 0.25) is 0 Å². The Bertz CT molecular complexity index is 1720. The van der Waals surface area contributed by atoms with Gasteiger partial charge in [0.15, 0.2) is 28.2 Å². The Morgan fingerprint density at radius 2 is 1.91 bits per heavy atom. The fourth-order valence-corrected chi connectivity index (χ4v) is 5.25. The fourth-order valence-electron chi connectivity index (χ4n) is 5.10. The Morgan fingerprint density at radius 1 is 1.11 bits per heavy atom. The first kappa shape index (κ1) is 31.5. The minimum Gasteiger partial charge on any atom is -0.493 e. The molecule has 0 amide bonds. The minimum atomic E-state index is -0.708. The molecule has 11 nitrogen and oxygen atoms in total. The van der Waals surface area contributed by atoms with E-state index in [4.69, 9.17) is 32.2 Å². The van der Waals surface area contributed by atoms with Crippen LogP contribution in [0.25, 0.3) is 10.9 Å². The molecular formula is C32H33FN6O5S. The van der Waals surface area contributed by atoms with Gasteiger partial charge in [-0.25, -0.2) is 9.40 Å². The van der Waals surface area contributed by atoms with Crippen molar-refractivity contribution >= 4 is 45.8 Å². The van der Waals surface area contributed by atoms with Gasteiger partial charge in [0.1, 0.15) is 5.75 Å². The standard InChI is InChI=1S/C32H33FN6O5S/c1-42-30-19-24-26(20-31(30)43-17-7-16-37-14-5-2-6-15-37)35-13-12-28(24)44-29-11-10-23(18-25(29)33)38(32(34)45)36-21-22-8-3-4-9-27(22)39(40)41/h3-4,8-13,18-21H,2,5-7,14-17H2,1H3,(H2,34,45). The smallest absolute Gasteiger partial charge is 0.278 e. The number of ether oxygens (including phenoxy) is 3. The Labute approximate surface area is 265 Å². The number of pyridine rings is 1. The monoisotopic (exact) mass is 632 g/mol. The summed E-state index contributed by atoms with van der Waals surface area (Å²) in [5.41, 5.74) is 6.72. The number of aromatic nitrogens is 1. The van der Waals surface area contributed by atoms with E-state index in [-0.39, 0.29) is 27.8 Å².